The van der Waals surface area contributed by atoms with Gasteiger partial charge in [-0.3, -0.25) is 9.80 Å². The molecule has 1 fully saturated rings. The molecule has 0 aromatic heterocycles. The van der Waals surface area contributed by atoms with Gasteiger partial charge in [0.1, 0.15) is 0 Å². The van der Waals surface area contributed by atoms with Gasteiger partial charge in [0, 0.05) is 38.3 Å². The van der Waals surface area contributed by atoms with Gasteiger partial charge < -0.3 is 5.32 Å². The van der Waals surface area contributed by atoms with E-state index in [1.165, 1.54) is 39.1 Å². The van der Waals surface area contributed by atoms with Gasteiger partial charge in [-0.15, -0.1) is 0 Å². The Morgan fingerprint density at radius 3 is 2.53 bits per heavy atom. The van der Waals surface area contributed by atoms with Crippen molar-refractivity contribution in [2.75, 3.05) is 39.8 Å². The van der Waals surface area contributed by atoms with E-state index < -0.39 is 0 Å². The lowest BCUT2D eigenvalue weighted by Gasteiger charge is -2.40. The van der Waals surface area contributed by atoms with Crippen LogP contribution in [-0.4, -0.2) is 61.7 Å². The van der Waals surface area contributed by atoms with Crippen molar-refractivity contribution in [2.45, 2.75) is 39.3 Å². The van der Waals surface area contributed by atoms with E-state index in [1.54, 1.807) is 0 Å². The molecule has 0 saturated carbocycles. The van der Waals surface area contributed by atoms with E-state index in [1.807, 2.05) is 0 Å². The highest BCUT2D eigenvalue weighted by Crippen LogP contribution is 2.09. The van der Waals surface area contributed by atoms with Gasteiger partial charge in [-0.1, -0.05) is 13.8 Å². The second-order valence-corrected chi connectivity index (χ2v) is 4.63. The molecule has 0 radical (unpaired) electrons. The molecule has 1 N–H and O–H groups in total. The van der Waals surface area contributed by atoms with Crippen molar-refractivity contribution in [1.82, 2.24) is 15.1 Å². The zero-order valence-corrected chi connectivity index (χ0v) is 10.8. The highest BCUT2D eigenvalue weighted by molar-refractivity contribution is 4.80. The lowest BCUT2D eigenvalue weighted by Crippen LogP contribution is -2.54. The van der Waals surface area contributed by atoms with Crippen LogP contribution in [0.1, 0.15) is 27.2 Å². The van der Waals surface area contributed by atoms with Crippen LogP contribution in [-0.2, 0) is 0 Å². The van der Waals surface area contributed by atoms with Gasteiger partial charge in [0.25, 0.3) is 0 Å². The Labute approximate surface area is 94.8 Å². The summed E-state index contributed by atoms with van der Waals surface area (Å²) in [6.07, 6.45) is 1.22. The summed E-state index contributed by atoms with van der Waals surface area (Å²) >= 11 is 0. The van der Waals surface area contributed by atoms with Crippen LogP contribution in [0.2, 0.25) is 0 Å². The quantitative estimate of drug-likeness (QED) is 0.735. The van der Waals surface area contributed by atoms with Crippen LogP contribution in [0.3, 0.4) is 0 Å². The monoisotopic (exact) mass is 213 g/mol. The molecule has 1 saturated heterocycles. The molecule has 0 spiro atoms. The molecular formula is C12H27N3. The molecule has 2 atom stereocenters. The first kappa shape index (κ1) is 12.9. The van der Waals surface area contributed by atoms with Gasteiger partial charge in [0.2, 0.25) is 0 Å². The largest absolute Gasteiger partial charge is 0.316 e. The third kappa shape index (κ3) is 3.74. The van der Waals surface area contributed by atoms with E-state index in [0.29, 0.717) is 6.04 Å². The van der Waals surface area contributed by atoms with Crippen molar-refractivity contribution in [3.8, 4) is 0 Å². The standard InChI is InChI=1S/C12H27N3/c1-5-12(13-4)10-14-7-8-15(6-2)11(3)9-14/h11-13H,5-10H2,1-4H3. The van der Waals surface area contributed by atoms with Crippen molar-refractivity contribution < 1.29 is 0 Å². The van der Waals surface area contributed by atoms with Crippen LogP contribution in [0.25, 0.3) is 0 Å². The van der Waals surface area contributed by atoms with Gasteiger partial charge in [0.05, 0.1) is 0 Å². The number of likely N-dealkylation sites (N-methyl/N-ethyl adjacent to an activating group) is 2. The van der Waals surface area contributed by atoms with Crippen LogP contribution >= 0.6 is 0 Å². The summed E-state index contributed by atoms with van der Waals surface area (Å²) in [5, 5.41) is 3.38. The SMILES string of the molecule is CCC(CN1CCN(CC)C(C)C1)NC. The first-order valence-corrected chi connectivity index (χ1v) is 6.34. The Kier molecular flexibility index (Phi) is 5.58. The second kappa shape index (κ2) is 6.46. The molecule has 15 heavy (non-hydrogen) atoms. The molecule has 0 aliphatic carbocycles. The predicted octanol–water partition coefficient (Wildman–Crippen LogP) is 1.01. The maximum absolute atomic E-state index is 3.38. The molecule has 3 nitrogen and oxygen atoms in total. The zero-order chi connectivity index (χ0) is 11.3. The van der Waals surface area contributed by atoms with E-state index in [9.17, 15) is 0 Å². The Morgan fingerprint density at radius 2 is 2.07 bits per heavy atom. The summed E-state index contributed by atoms with van der Waals surface area (Å²) < 4.78 is 0. The van der Waals surface area contributed by atoms with E-state index in [-0.39, 0.29) is 0 Å². The Balaban J connectivity index is 2.33. The molecule has 2 unspecified atom stereocenters. The highest BCUT2D eigenvalue weighted by atomic mass is 15.3. The Bertz CT molecular complexity index is 168. The molecule has 1 aliphatic heterocycles. The van der Waals surface area contributed by atoms with Gasteiger partial charge in [-0.05, 0) is 26.9 Å². The fourth-order valence-corrected chi connectivity index (χ4v) is 2.44. The van der Waals surface area contributed by atoms with Crippen LogP contribution in [0, 0.1) is 0 Å². The van der Waals surface area contributed by atoms with Gasteiger partial charge in [-0.25, -0.2) is 0 Å². The third-order valence-corrected chi connectivity index (χ3v) is 3.64. The van der Waals surface area contributed by atoms with E-state index in [0.717, 1.165) is 6.04 Å². The minimum Gasteiger partial charge on any atom is -0.316 e. The van der Waals surface area contributed by atoms with Crippen LogP contribution in [0.4, 0.5) is 0 Å². The lowest BCUT2D eigenvalue weighted by molar-refractivity contribution is 0.0815. The first-order valence-electron chi connectivity index (χ1n) is 6.34. The minimum absolute atomic E-state index is 0.658. The molecule has 3 heteroatoms. The Morgan fingerprint density at radius 1 is 1.33 bits per heavy atom. The van der Waals surface area contributed by atoms with Crippen molar-refractivity contribution in [1.29, 1.82) is 0 Å². The first-order chi connectivity index (χ1) is 7.21. The van der Waals surface area contributed by atoms with E-state index in [4.69, 9.17) is 0 Å². The van der Waals surface area contributed by atoms with Crippen molar-refractivity contribution in [3.05, 3.63) is 0 Å². The highest BCUT2D eigenvalue weighted by Gasteiger charge is 2.23. The van der Waals surface area contributed by atoms with Gasteiger partial charge >= 0.3 is 0 Å². The van der Waals surface area contributed by atoms with Crippen LogP contribution < -0.4 is 5.32 Å². The number of piperazine rings is 1. The summed E-state index contributed by atoms with van der Waals surface area (Å²) in [5.41, 5.74) is 0. The maximum Gasteiger partial charge on any atom is 0.0195 e. The number of hydrogen-bond acceptors (Lipinski definition) is 3. The smallest absolute Gasteiger partial charge is 0.0195 e. The van der Waals surface area contributed by atoms with Gasteiger partial charge in [-0.2, -0.15) is 0 Å². The number of hydrogen-bond donors (Lipinski definition) is 1. The van der Waals surface area contributed by atoms with Crippen molar-refractivity contribution in [3.63, 3.8) is 0 Å². The van der Waals surface area contributed by atoms with Crippen LogP contribution in [0.5, 0.6) is 0 Å². The number of nitrogens with zero attached hydrogens (tertiary/aromatic N) is 2. The summed E-state index contributed by atoms with van der Waals surface area (Å²) in [6.45, 7) is 12.9. The molecule has 1 heterocycles. The minimum atomic E-state index is 0.658. The fourth-order valence-electron chi connectivity index (χ4n) is 2.44. The topological polar surface area (TPSA) is 18.5 Å². The van der Waals surface area contributed by atoms with Crippen molar-refractivity contribution in [2.24, 2.45) is 0 Å². The maximum atomic E-state index is 3.38. The fraction of sp³-hybridized carbons (Fsp3) is 1.00. The Hall–Kier alpha value is -0.120. The molecular weight excluding hydrogens is 186 g/mol. The predicted molar refractivity (Wildman–Crippen MR) is 66.3 cm³/mol. The van der Waals surface area contributed by atoms with Crippen molar-refractivity contribution >= 4 is 0 Å². The summed E-state index contributed by atoms with van der Waals surface area (Å²) in [4.78, 5) is 5.16. The summed E-state index contributed by atoms with van der Waals surface area (Å²) in [5.74, 6) is 0. The lowest BCUT2D eigenvalue weighted by atomic mass is 10.1. The number of rotatable bonds is 5. The van der Waals surface area contributed by atoms with Crippen LogP contribution in [0.15, 0.2) is 0 Å². The molecule has 1 aliphatic rings. The molecule has 90 valence electrons. The zero-order valence-electron chi connectivity index (χ0n) is 10.8. The third-order valence-electron chi connectivity index (χ3n) is 3.64. The second-order valence-electron chi connectivity index (χ2n) is 4.63. The molecule has 0 aromatic rings. The van der Waals surface area contributed by atoms with E-state index >= 15 is 0 Å². The summed E-state index contributed by atoms with van der Waals surface area (Å²) in [7, 11) is 2.07. The number of nitrogens with one attached hydrogen (secondary N) is 1. The van der Waals surface area contributed by atoms with Gasteiger partial charge in [0.15, 0.2) is 0 Å². The van der Waals surface area contributed by atoms with E-state index in [2.05, 4.69) is 42.9 Å². The molecule has 1 rings (SSSR count). The molecule has 0 amide bonds. The average Bonchev–Trinajstić information content (AvgIpc) is 2.26. The molecule has 0 aromatic carbocycles. The normalized spacial score (nSPS) is 26.8. The molecule has 0 bridgehead atoms. The summed E-state index contributed by atoms with van der Waals surface area (Å²) in [6, 6.07) is 1.38. The average molecular weight is 213 g/mol.